The van der Waals surface area contributed by atoms with Crippen molar-refractivity contribution >= 4 is 23.2 Å². The van der Waals surface area contributed by atoms with E-state index >= 15 is 0 Å². The molecule has 1 amide bonds. The zero-order chi connectivity index (χ0) is 25.8. The highest BCUT2D eigenvalue weighted by Gasteiger charge is 2.29. The van der Waals surface area contributed by atoms with Gasteiger partial charge in [-0.3, -0.25) is 9.59 Å². The van der Waals surface area contributed by atoms with E-state index in [1.54, 1.807) is 29.6 Å². The number of benzene rings is 2. The third-order valence-electron chi connectivity index (χ3n) is 5.31. The van der Waals surface area contributed by atoms with Gasteiger partial charge in [0.05, 0.1) is 11.3 Å². The average molecular weight is 510 g/mol. The Morgan fingerprint density at radius 2 is 1.89 bits per heavy atom. The molecule has 3 rings (SSSR count). The molecule has 0 radical (unpaired) electrons. The molecule has 35 heavy (non-hydrogen) atoms. The highest BCUT2D eigenvalue weighted by Crippen LogP contribution is 2.35. The summed E-state index contributed by atoms with van der Waals surface area (Å²) in [5.41, 5.74) is 0.705. The van der Waals surface area contributed by atoms with Gasteiger partial charge in [0.25, 0.3) is 5.91 Å². The van der Waals surface area contributed by atoms with Gasteiger partial charge in [0, 0.05) is 42.2 Å². The van der Waals surface area contributed by atoms with Gasteiger partial charge < -0.3 is 15.1 Å². The fourth-order valence-corrected chi connectivity index (χ4v) is 3.81. The maximum Gasteiger partial charge on any atom is 0.405 e. The lowest BCUT2D eigenvalue weighted by atomic mass is 9.85. The van der Waals surface area contributed by atoms with Crippen LogP contribution in [0.3, 0.4) is 0 Å². The first kappa shape index (κ1) is 26.0. The molecule has 0 saturated heterocycles. The number of halogens is 5. The van der Waals surface area contributed by atoms with E-state index < -0.39 is 35.9 Å². The van der Waals surface area contributed by atoms with Crippen LogP contribution in [0.15, 0.2) is 70.7 Å². The Morgan fingerprint density at radius 1 is 1.17 bits per heavy atom. The van der Waals surface area contributed by atoms with E-state index in [0.717, 1.165) is 12.1 Å². The molecule has 1 atom stereocenters. The van der Waals surface area contributed by atoms with Crippen LogP contribution in [-0.2, 0) is 7.05 Å². The summed E-state index contributed by atoms with van der Waals surface area (Å²) in [4.78, 5) is 23.8. The third kappa shape index (κ3) is 6.48. The monoisotopic (exact) mass is 509 g/mol. The lowest BCUT2D eigenvalue weighted by Gasteiger charge is -2.21. The number of alkyl halides is 3. The van der Waals surface area contributed by atoms with Crippen molar-refractivity contribution in [3.63, 3.8) is 0 Å². The Balaban J connectivity index is 2.00. The smallest absolute Gasteiger partial charge is 0.405 e. The number of carbonyl (C=O) groups is 1. The number of hydrogen-bond acceptors (Lipinski definition) is 4. The summed E-state index contributed by atoms with van der Waals surface area (Å²) in [7, 11) is 1.53. The maximum atomic E-state index is 14.8. The van der Waals surface area contributed by atoms with Crippen LogP contribution in [0.5, 0.6) is 0 Å². The van der Waals surface area contributed by atoms with Crippen molar-refractivity contribution in [3.05, 3.63) is 104 Å². The molecule has 0 saturated carbocycles. The van der Waals surface area contributed by atoms with Gasteiger partial charge in [-0.15, -0.1) is 0 Å². The third-order valence-corrected chi connectivity index (χ3v) is 5.65. The van der Waals surface area contributed by atoms with Crippen LogP contribution >= 0.6 is 11.6 Å². The van der Waals surface area contributed by atoms with E-state index in [9.17, 15) is 32.4 Å². The van der Waals surface area contributed by atoms with E-state index in [0.29, 0.717) is 21.7 Å². The van der Waals surface area contributed by atoms with Crippen LogP contribution in [0.1, 0.15) is 39.4 Å². The minimum absolute atomic E-state index is 0.0253. The van der Waals surface area contributed by atoms with Crippen molar-refractivity contribution in [1.82, 2.24) is 9.88 Å². The molecule has 6 nitrogen and oxygen atoms in total. The molecule has 2 N–H and O–H groups in total. The Labute approximate surface area is 202 Å². The number of aromatic nitrogens is 1. The van der Waals surface area contributed by atoms with Crippen LogP contribution < -0.4 is 10.9 Å². The molecule has 1 heterocycles. The summed E-state index contributed by atoms with van der Waals surface area (Å²) in [6.45, 7) is -1.59. The van der Waals surface area contributed by atoms with E-state index in [4.69, 9.17) is 11.6 Å². The first-order chi connectivity index (χ1) is 16.5. The number of nitrogens with zero attached hydrogens (tertiary/aromatic N) is 2. The van der Waals surface area contributed by atoms with Crippen LogP contribution in [0.2, 0.25) is 5.02 Å². The SMILES string of the molecule is Cn1cc(/C(CC(c2ccc(C(=O)NCC(F)(F)F)c(F)c2)c2ccccc2Cl)=N/O)ccc1=O. The molecule has 0 aliphatic rings. The normalized spacial score (nSPS) is 12.9. The molecule has 1 aromatic heterocycles. The molecule has 184 valence electrons. The van der Waals surface area contributed by atoms with Gasteiger partial charge in [0.2, 0.25) is 5.56 Å². The van der Waals surface area contributed by atoms with Gasteiger partial charge in [-0.1, -0.05) is 41.0 Å². The van der Waals surface area contributed by atoms with Crippen molar-refractivity contribution in [2.24, 2.45) is 12.2 Å². The predicted octanol–water partition coefficient (Wildman–Crippen LogP) is 4.87. The Hall–Kier alpha value is -3.66. The zero-order valence-corrected chi connectivity index (χ0v) is 19.1. The molecule has 0 aliphatic heterocycles. The Morgan fingerprint density at radius 3 is 2.49 bits per heavy atom. The van der Waals surface area contributed by atoms with Gasteiger partial charge in [0.1, 0.15) is 12.4 Å². The largest absolute Gasteiger partial charge is 0.411 e. The first-order valence-corrected chi connectivity index (χ1v) is 10.6. The standard InChI is InChI=1S/C24H20ClF4N3O3/c1-32-12-15(7-9-22(32)33)21(31-35)11-18(16-4-2-3-5-19(16)25)14-6-8-17(20(26)10-14)23(34)30-13-24(27,28)29/h2-10,12,18,35H,11,13H2,1H3,(H,30,34)/b31-21+. The van der Waals surface area contributed by atoms with Crippen LogP contribution in [0, 0.1) is 5.82 Å². The van der Waals surface area contributed by atoms with Crippen molar-refractivity contribution in [2.75, 3.05) is 6.54 Å². The number of amides is 1. The van der Waals surface area contributed by atoms with E-state index in [1.165, 1.54) is 36.0 Å². The fourth-order valence-electron chi connectivity index (χ4n) is 3.55. The lowest BCUT2D eigenvalue weighted by molar-refractivity contribution is -0.123. The van der Waals surface area contributed by atoms with Gasteiger partial charge in [-0.05, 0) is 35.4 Å². The van der Waals surface area contributed by atoms with Crippen LogP contribution in [0.25, 0.3) is 0 Å². The molecule has 1 unspecified atom stereocenters. The highest BCUT2D eigenvalue weighted by molar-refractivity contribution is 6.31. The number of rotatable bonds is 7. The van der Waals surface area contributed by atoms with Gasteiger partial charge >= 0.3 is 6.18 Å². The predicted molar refractivity (Wildman–Crippen MR) is 123 cm³/mol. The molecular weight excluding hydrogens is 490 g/mol. The van der Waals surface area contributed by atoms with E-state index in [2.05, 4.69) is 5.16 Å². The second-order valence-corrected chi connectivity index (χ2v) is 8.14. The number of aryl methyl sites for hydroxylation is 1. The molecule has 0 bridgehead atoms. The van der Waals surface area contributed by atoms with Crippen molar-refractivity contribution in [3.8, 4) is 0 Å². The molecule has 2 aromatic carbocycles. The van der Waals surface area contributed by atoms with Crippen LogP contribution in [-0.4, -0.2) is 34.1 Å². The van der Waals surface area contributed by atoms with Crippen molar-refractivity contribution in [1.29, 1.82) is 0 Å². The number of pyridine rings is 1. The Kier molecular flexibility index (Phi) is 7.96. The number of oxime groups is 1. The molecular formula is C24H20ClF4N3O3. The lowest BCUT2D eigenvalue weighted by Crippen LogP contribution is -2.34. The summed E-state index contributed by atoms with van der Waals surface area (Å²) in [6, 6.07) is 13.0. The maximum absolute atomic E-state index is 14.8. The number of hydrogen-bond donors (Lipinski definition) is 2. The molecule has 0 fully saturated rings. The minimum Gasteiger partial charge on any atom is -0.411 e. The zero-order valence-electron chi connectivity index (χ0n) is 18.3. The fraction of sp³-hybridized carbons (Fsp3) is 0.208. The first-order valence-electron chi connectivity index (χ1n) is 10.3. The average Bonchev–Trinajstić information content (AvgIpc) is 2.80. The molecule has 0 aliphatic carbocycles. The van der Waals surface area contributed by atoms with Gasteiger partial charge in [-0.25, -0.2) is 4.39 Å². The van der Waals surface area contributed by atoms with Gasteiger partial charge in [-0.2, -0.15) is 13.2 Å². The topological polar surface area (TPSA) is 83.7 Å². The highest BCUT2D eigenvalue weighted by atomic mass is 35.5. The summed E-state index contributed by atoms with van der Waals surface area (Å²) in [5.74, 6) is -2.89. The summed E-state index contributed by atoms with van der Waals surface area (Å²) in [6.07, 6.45) is -3.13. The second-order valence-electron chi connectivity index (χ2n) is 7.73. The van der Waals surface area contributed by atoms with E-state index in [1.807, 2.05) is 0 Å². The van der Waals surface area contributed by atoms with Gasteiger partial charge in [0.15, 0.2) is 0 Å². The number of nitrogens with one attached hydrogen (secondary N) is 1. The van der Waals surface area contributed by atoms with Crippen molar-refractivity contribution in [2.45, 2.75) is 18.5 Å². The summed E-state index contributed by atoms with van der Waals surface area (Å²) in [5, 5.41) is 15.0. The number of carbonyl (C=O) groups excluding carboxylic acids is 1. The quantitative estimate of drug-likeness (QED) is 0.206. The van der Waals surface area contributed by atoms with E-state index in [-0.39, 0.29) is 17.7 Å². The van der Waals surface area contributed by atoms with Crippen LogP contribution in [0.4, 0.5) is 17.6 Å². The summed E-state index contributed by atoms with van der Waals surface area (Å²) < 4.78 is 53.3. The minimum atomic E-state index is -4.64. The molecule has 11 heteroatoms. The Bertz CT molecular complexity index is 1320. The molecule has 3 aromatic rings. The second kappa shape index (κ2) is 10.7. The van der Waals surface area contributed by atoms with Crippen molar-refractivity contribution < 1.29 is 27.6 Å². The summed E-state index contributed by atoms with van der Waals surface area (Å²) >= 11 is 6.38. The molecule has 0 spiro atoms.